The lowest BCUT2D eigenvalue weighted by Crippen LogP contribution is -2.15. The fraction of sp³-hybridized carbons (Fsp3) is 0.368. The number of hydrogen-bond acceptors (Lipinski definition) is 6. The highest BCUT2D eigenvalue weighted by Gasteiger charge is 2.15. The summed E-state index contributed by atoms with van der Waals surface area (Å²) in [4.78, 5) is 16.8. The Labute approximate surface area is 167 Å². The summed E-state index contributed by atoms with van der Waals surface area (Å²) in [5.41, 5.74) is 3.44. The molecule has 3 aromatic rings. The number of nitrogens with one attached hydrogen (secondary N) is 1. The van der Waals surface area contributed by atoms with Crippen LogP contribution in [-0.2, 0) is 11.3 Å². The van der Waals surface area contributed by atoms with Gasteiger partial charge in [-0.25, -0.2) is 4.98 Å². The second kappa shape index (κ2) is 8.67. The minimum atomic E-state index is -0.105. The molecular formula is C19H23N5OS2. The molecule has 0 saturated carbocycles. The Hall–Kier alpha value is -2.19. The standard InChI is InChI=1S/C19H23N5OS2/c1-12(2)10-24-16(15-7-5-13(3)6-8-15)9-20-19(24)26-11-17(25)21-18-23-22-14(4)27-18/h5-9,12H,10-11H2,1-4H3,(H,21,23,25). The summed E-state index contributed by atoms with van der Waals surface area (Å²) in [6, 6.07) is 8.43. The topological polar surface area (TPSA) is 72.7 Å². The number of hydrogen-bond donors (Lipinski definition) is 1. The van der Waals surface area contributed by atoms with Crippen molar-refractivity contribution in [2.75, 3.05) is 11.1 Å². The van der Waals surface area contributed by atoms with Crippen LogP contribution >= 0.6 is 23.1 Å². The van der Waals surface area contributed by atoms with Crippen LogP contribution in [0.15, 0.2) is 35.6 Å². The van der Waals surface area contributed by atoms with Crippen molar-refractivity contribution < 1.29 is 4.79 Å². The number of amides is 1. The minimum Gasteiger partial charge on any atom is -0.319 e. The number of aryl methyl sites for hydroxylation is 2. The zero-order valence-corrected chi connectivity index (χ0v) is 17.5. The van der Waals surface area contributed by atoms with Crippen LogP contribution in [0.25, 0.3) is 11.3 Å². The van der Waals surface area contributed by atoms with Gasteiger partial charge in [-0.15, -0.1) is 10.2 Å². The zero-order valence-electron chi connectivity index (χ0n) is 15.9. The Kier molecular flexibility index (Phi) is 6.28. The molecule has 27 heavy (non-hydrogen) atoms. The number of aromatic nitrogens is 4. The first-order valence-corrected chi connectivity index (χ1v) is 10.6. The van der Waals surface area contributed by atoms with Gasteiger partial charge in [0.15, 0.2) is 5.16 Å². The summed E-state index contributed by atoms with van der Waals surface area (Å²) in [6.07, 6.45) is 1.89. The molecule has 6 nitrogen and oxygen atoms in total. The predicted molar refractivity (Wildman–Crippen MR) is 111 cm³/mol. The summed E-state index contributed by atoms with van der Waals surface area (Å²) in [6.45, 7) is 9.14. The van der Waals surface area contributed by atoms with E-state index in [1.54, 1.807) is 0 Å². The summed E-state index contributed by atoms with van der Waals surface area (Å²) < 4.78 is 2.20. The summed E-state index contributed by atoms with van der Waals surface area (Å²) in [5.74, 6) is 0.647. The van der Waals surface area contributed by atoms with Crippen LogP contribution < -0.4 is 5.32 Å². The zero-order chi connectivity index (χ0) is 19.4. The molecule has 8 heteroatoms. The first kappa shape index (κ1) is 19.6. The first-order chi connectivity index (χ1) is 12.9. The quantitative estimate of drug-likeness (QED) is 0.594. The monoisotopic (exact) mass is 401 g/mol. The van der Waals surface area contributed by atoms with Gasteiger partial charge >= 0.3 is 0 Å². The lowest BCUT2D eigenvalue weighted by Gasteiger charge is -2.14. The molecule has 1 N–H and O–H groups in total. The van der Waals surface area contributed by atoms with Crippen molar-refractivity contribution in [3.05, 3.63) is 41.0 Å². The number of carbonyl (C=O) groups is 1. The van der Waals surface area contributed by atoms with Gasteiger partial charge in [0.05, 0.1) is 17.6 Å². The third-order valence-corrected chi connectivity index (χ3v) is 5.56. The van der Waals surface area contributed by atoms with Gasteiger partial charge in [-0.2, -0.15) is 0 Å². The van der Waals surface area contributed by atoms with Gasteiger partial charge in [0.2, 0.25) is 11.0 Å². The average molecular weight is 402 g/mol. The fourth-order valence-corrected chi connectivity index (χ4v) is 4.00. The number of thioether (sulfide) groups is 1. The van der Waals surface area contributed by atoms with Crippen molar-refractivity contribution in [1.82, 2.24) is 19.7 Å². The van der Waals surface area contributed by atoms with Crippen molar-refractivity contribution >= 4 is 34.1 Å². The van der Waals surface area contributed by atoms with Gasteiger partial charge < -0.3 is 4.57 Å². The molecule has 142 valence electrons. The molecule has 1 amide bonds. The second-order valence-corrected chi connectivity index (χ2v) is 8.88. The highest BCUT2D eigenvalue weighted by molar-refractivity contribution is 7.99. The lowest BCUT2D eigenvalue weighted by atomic mass is 10.1. The van der Waals surface area contributed by atoms with Crippen LogP contribution in [0, 0.1) is 19.8 Å². The van der Waals surface area contributed by atoms with E-state index in [-0.39, 0.29) is 11.7 Å². The van der Waals surface area contributed by atoms with Crippen molar-refractivity contribution in [2.24, 2.45) is 5.92 Å². The van der Waals surface area contributed by atoms with Crippen LogP contribution in [-0.4, -0.2) is 31.4 Å². The van der Waals surface area contributed by atoms with E-state index in [2.05, 4.69) is 70.1 Å². The Morgan fingerprint density at radius 2 is 1.96 bits per heavy atom. The second-order valence-electron chi connectivity index (χ2n) is 6.76. The molecule has 0 atom stereocenters. The number of benzene rings is 1. The van der Waals surface area contributed by atoms with Crippen molar-refractivity contribution in [2.45, 2.75) is 39.4 Å². The summed E-state index contributed by atoms with van der Waals surface area (Å²) in [5, 5.41) is 12.8. The molecule has 0 radical (unpaired) electrons. The average Bonchev–Trinajstić information content (AvgIpc) is 3.19. The number of carbonyl (C=O) groups excluding carboxylic acids is 1. The first-order valence-electron chi connectivity index (χ1n) is 8.77. The molecule has 0 fully saturated rings. The predicted octanol–water partition coefficient (Wildman–Crippen LogP) is 4.41. The van der Waals surface area contributed by atoms with Crippen LogP contribution in [0.5, 0.6) is 0 Å². The van der Waals surface area contributed by atoms with Gasteiger partial charge in [-0.3, -0.25) is 10.1 Å². The molecule has 2 heterocycles. The van der Waals surface area contributed by atoms with Gasteiger partial charge in [0, 0.05) is 6.54 Å². The van der Waals surface area contributed by atoms with E-state index in [0.29, 0.717) is 11.0 Å². The summed E-state index contributed by atoms with van der Waals surface area (Å²) >= 11 is 2.81. The normalized spacial score (nSPS) is 11.1. The Morgan fingerprint density at radius 3 is 2.59 bits per heavy atom. The third-order valence-electron chi connectivity index (χ3n) is 3.82. The van der Waals surface area contributed by atoms with Crippen LogP contribution in [0.4, 0.5) is 5.13 Å². The van der Waals surface area contributed by atoms with Gasteiger partial charge in [0.1, 0.15) is 5.01 Å². The van der Waals surface area contributed by atoms with Gasteiger partial charge in [-0.1, -0.05) is 66.8 Å². The van der Waals surface area contributed by atoms with E-state index >= 15 is 0 Å². The van der Waals surface area contributed by atoms with Crippen LogP contribution in [0.1, 0.15) is 24.4 Å². The van der Waals surface area contributed by atoms with Crippen molar-refractivity contribution in [3.63, 3.8) is 0 Å². The highest BCUT2D eigenvalue weighted by Crippen LogP contribution is 2.27. The van der Waals surface area contributed by atoms with Gasteiger partial charge in [0.25, 0.3) is 0 Å². The molecule has 0 aliphatic rings. The molecule has 0 aliphatic carbocycles. The maximum Gasteiger partial charge on any atom is 0.236 e. The molecular weight excluding hydrogens is 378 g/mol. The highest BCUT2D eigenvalue weighted by atomic mass is 32.2. The van der Waals surface area contributed by atoms with Crippen molar-refractivity contribution in [3.8, 4) is 11.3 Å². The molecule has 1 aromatic carbocycles. The van der Waals surface area contributed by atoms with E-state index in [0.717, 1.165) is 28.0 Å². The largest absolute Gasteiger partial charge is 0.319 e. The molecule has 3 rings (SSSR count). The fourth-order valence-electron chi connectivity index (χ4n) is 2.60. The molecule has 0 saturated heterocycles. The SMILES string of the molecule is Cc1ccc(-c2cnc(SCC(=O)Nc3nnc(C)s3)n2CC(C)C)cc1. The third kappa shape index (κ3) is 5.17. The smallest absolute Gasteiger partial charge is 0.236 e. The van der Waals surface area contributed by atoms with E-state index in [4.69, 9.17) is 0 Å². The Bertz CT molecular complexity index is 915. The van der Waals surface area contributed by atoms with E-state index < -0.39 is 0 Å². The Morgan fingerprint density at radius 1 is 1.22 bits per heavy atom. The van der Waals surface area contributed by atoms with Crippen LogP contribution in [0.2, 0.25) is 0 Å². The number of anilines is 1. The number of rotatable bonds is 7. The minimum absolute atomic E-state index is 0.105. The molecule has 2 aromatic heterocycles. The molecule has 0 spiro atoms. The van der Waals surface area contributed by atoms with Gasteiger partial charge in [-0.05, 0) is 25.3 Å². The number of imidazole rings is 1. The molecule has 0 bridgehead atoms. The van der Waals surface area contributed by atoms with E-state index in [1.807, 2.05) is 13.1 Å². The maximum absolute atomic E-state index is 12.2. The van der Waals surface area contributed by atoms with E-state index in [1.165, 1.54) is 28.7 Å². The summed E-state index contributed by atoms with van der Waals surface area (Å²) in [7, 11) is 0. The van der Waals surface area contributed by atoms with Crippen LogP contribution in [0.3, 0.4) is 0 Å². The Balaban J connectivity index is 1.74. The molecule has 0 unspecified atom stereocenters. The maximum atomic E-state index is 12.2. The number of nitrogens with zero attached hydrogens (tertiary/aromatic N) is 4. The molecule has 0 aliphatic heterocycles. The van der Waals surface area contributed by atoms with Crippen molar-refractivity contribution in [1.29, 1.82) is 0 Å². The lowest BCUT2D eigenvalue weighted by molar-refractivity contribution is -0.113. The van der Waals surface area contributed by atoms with E-state index in [9.17, 15) is 4.79 Å².